The van der Waals surface area contributed by atoms with Gasteiger partial charge < -0.3 is 9.47 Å². The van der Waals surface area contributed by atoms with Crippen molar-refractivity contribution in [3.63, 3.8) is 0 Å². The average molecular weight is 525 g/mol. The second-order valence-electron chi connectivity index (χ2n) is 8.52. The van der Waals surface area contributed by atoms with Crippen molar-refractivity contribution >= 4 is 42.4 Å². The highest BCUT2D eigenvalue weighted by atomic mass is 32.2. The number of benzene rings is 3. The highest BCUT2D eigenvalue weighted by Gasteiger charge is 2.24. The number of rotatable bonds is 9. The molecule has 0 spiro atoms. The summed E-state index contributed by atoms with van der Waals surface area (Å²) in [5.74, 6) is 1.10. The summed E-state index contributed by atoms with van der Waals surface area (Å²) >= 11 is 1.36. The molecule has 4 rings (SSSR count). The molecule has 1 amide bonds. The average Bonchev–Trinajstić information content (AvgIpc) is 3.32. The molecular formula is C27H28N2O5S2. The van der Waals surface area contributed by atoms with E-state index in [1.165, 1.54) is 11.3 Å². The highest BCUT2D eigenvalue weighted by Crippen LogP contribution is 2.40. The first-order valence-electron chi connectivity index (χ1n) is 11.4. The Kier molecular flexibility index (Phi) is 7.61. The van der Waals surface area contributed by atoms with Gasteiger partial charge in [0.15, 0.2) is 15.0 Å². The Balaban J connectivity index is 1.69. The van der Waals surface area contributed by atoms with Gasteiger partial charge in [-0.15, -0.1) is 0 Å². The van der Waals surface area contributed by atoms with E-state index in [1.807, 2.05) is 36.4 Å². The van der Waals surface area contributed by atoms with Crippen molar-refractivity contribution in [2.24, 2.45) is 0 Å². The number of sulfone groups is 1. The molecule has 4 aromatic rings. The van der Waals surface area contributed by atoms with Gasteiger partial charge in [0.2, 0.25) is 5.91 Å². The quantitative estimate of drug-likeness (QED) is 0.296. The number of ether oxygens (including phenoxy) is 2. The fraction of sp³-hybridized carbons (Fsp3) is 0.259. The molecule has 9 heteroatoms. The molecule has 7 nitrogen and oxygen atoms in total. The number of aromatic nitrogens is 1. The summed E-state index contributed by atoms with van der Waals surface area (Å²) in [7, 11) is -0.204. The van der Waals surface area contributed by atoms with E-state index < -0.39 is 15.1 Å². The van der Waals surface area contributed by atoms with Gasteiger partial charge in [0, 0.05) is 0 Å². The number of anilines is 1. The van der Waals surface area contributed by atoms with Crippen molar-refractivity contribution in [2.45, 2.75) is 37.0 Å². The lowest BCUT2D eigenvalue weighted by atomic mass is 10.1. The molecule has 0 unspecified atom stereocenters. The Morgan fingerprint density at radius 1 is 0.917 bits per heavy atom. The van der Waals surface area contributed by atoms with Gasteiger partial charge in [-0.05, 0) is 49.2 Å². The molecule has 0 aliphatic heterocycles. The van der Waals surface area contributed by atoms with Crippen molar-refractivity contribution in [3.8, 4) is 11.5 Å². The summed E-state index contributed by atoms with van der Waals surface area (Å²) in [4.78, 5) is 20.3. The molecule has 1 aromatic heterocycles. The highest BCUT2D eigenvalue weighted by molar-refractivity contribution is 7.92. The zero-order valence-corrected chi connectivity index (χ0v) is 22.2. The predicted octanol–water partition coefficient (Wildman–Crippen LogP) is 5.27. The second kappa shape index (κ2) is 10.7. The standard InChI is InChI=1S/C27H28N2O5S2/c1-18(2)36(31,32)21-12-10-19(11-13-21)16-24(30)29(17-20-8-6-5-7-9-20)27-28-25-22(33-3)14-15-23(34-4)26(25)35-27/h5-15,18H,16-17H2,1-4H3. The van der Waals surface area contributed by atoms with Crippen LogP contribution >= 0.6 is 11.3 Å². The third-order valence-electron chi connectivity index (χ3n) is 5.84. The first-order chi connectivity index (χ1) is 17.2. The topological polar surface area (TPSA) is 85.8 Å². The minimum absolute atomic E-state index is 0.0963. The van der Waals surface area contributed by atoms with Crippen LogP contribution in [0, 0.1) is 0 Å². The van der Waals surface area contributed by atoms with E-state index in [-0.39, 0.29) is 17.2 Å². The Morgan fingerprint density at radius 3 is 2.17 bits per heavy atom. The molecule has 0 saturated carbocycles. The van der Waals surface area contributed by atoms with E-state index in [0.29, 0.717) is 28.7 Å². The molecule has 1 heterocycles. The molecule has 0 atom stereocenters. The Morgan fingerprint density at radius 2 is 1.56 bits per heavy atom. The van der Waals surface area contributed by atoms with E-state index in [4.69, 9.17) is 14.5 Å². The maximum atomic E-state index is 13.6. The molecular weight excluding hydrogens is 496 g/mol. The zero-order valence-electron chi connectivity index (χ0n) is 20.6. The van der Waals surface area contributed by atoms with Gasteiger partial charge in [0.05, 0.1) is 37.3 Å². The lowest BCUT2D eigenvalue weighted by molar-refractivity contribution is -0.118. The summed E-state index contributed by atoms with van der Waals surface area (Å²) in [6.07, 6.45) is 0.0963. The summed E-state index contributed by atoms with van der Waals surface area (Å²) in [6.45, 7) is 3.64. The third kappa shape index (κ3) is 5.22. The largest absolute Gasteiger partial charge is 0.495 e. The van der Waals surface area contributed by atoms with Gasteiger partial charge in [-0.25, -0.2) is 13.4 Å². The van der Waals surface area contributed by atoms with E-state index in [1.54, 1.807) is 63.3 Å². The van der Waals surface area contributed by atoms with Crippen LogP contribution in [0.25, 0.3) is 10.2 Å². The van der Waals surface area contributed by atoms with Crippen molar-refractivity contribution in [1.82, 2.24) is 4.98 Å². The number of fused-ring (bicyclic) bond motifs is 1. The predicted molar refractivity (Wildman–Crippen MR) is 143 cm³/mol. The van der Waals surface area contributed by atoms with Crippen LogP contribution in [0.15, 0.2) is 71.6 Å². The summed E-state index contributed by atoms with van der Waals surface area (Å²) < 4.78 is 36.7. The molecule has 3 aromatic carbocycles. The number of amides is 1. The van der Waals surface area contributed by atoms with Crippen LogP contribution in [-0.4, -0.2) is 38.8 Å². The van der Waals surface area contributed by atoms with Crippen LogP contribution in [0.3, 0.4) is 0 Å². The van der Waals surface area contributed by atoms with Gasteiger partial charge in [0.1, 0.15) is 21.7 Å². The van der Waals surface area contributed by atoms with Crippen LogP contribution in [0.5, 0.6) is 11.5 Å². The smallest absolute Gasteiger partial charge is 0.233 e. The summed E-state index contributed by atoms with van der Waals surface area (Å²) in [6, 6.07) is 19.8. The second-order valence-corrected chi connectivity index (χ2v) is 12.0. The van der Waals surface area contributed by atoms with Crippen molar-refractivity contribution < 1.29 is 22.7 Å². The number of hydrogen-bond donors (Lipinski definition) is 0. The number of thiazole rings is 1. The maximum absolute atomic E-state index is 13.6. The lowest BCUT2D eigenvalue weighted by Gasteiger charge is -2.20. The molecule has 0 saturated heterocycles. The minimum Gasteiger partial charge on any atom is -0.495 e. The fourth-order valence-corrected chi connectivity index (χ4v) is 5.91. The number of methoxy groups -OCH3 is 2. The van der Waals surface area contributed by atoms with E-state index in [9.17, 15) is 13.2 Å². The zero-order chi connectivity index (χ0) is 25.9. The number of nitrogens with zero attached hydrogens (tertiary/aromatic N) is 2. The molecule has 0 bridgehead atoms. The molecule has 0 aliphatic carbocycles. The van der Waals surface area contributed by atoms with Gasteiger partial charge in [-0.2, -0.15) is 0 Å². The van der Waals surface area contributed by atoms with Gasteiger partial charge in [-0.3, -0.25) is 9.69 Å². The van der Waals surface area contributed by atoms with Crippen LogP contribution in [0.4, 0.5) is 5.13 Å². The first kappa shape index (κ1) is 25.7. The molecule has 0 N–H and O–H groups in total. The SMILES string of the molecule is COc1ccc(OC)c2sc(N(Cc3ccccc3)C(=O)Cc3ccc(S(=O)(=O)C(C)C)cc3)nc12. The summed E-state index contributed by atoms with van der Waals surface area (Å²) in [5.41, 5.74) is 2.31. The van der Waals surface area contributed by atoms with E-state index >= 15 is 0 Å². The molecule has 188 valence electrons. The van der Waals surface area contributed by atoms with E-state index in [2.05, 4.69) is 0 Å². The van der Waals surface area contributed by atoms with Crippen LogP contribution in [-0.2, 0) is 27.6 Å². The Labute approximate surface area is 215 Å². The number of carbonyl (C=O) groups is 1. The fourth-order valence-electron chi connectivity index (χ4n) is 3.76. The van der Waals surface area contributed by atoms with Crippen molar-refractivity contribution in [1.29, 1.82) is 0 Å². The molecule has 36 heavy (non-hydrogen) atoms. The van der Waals surface area contributed by atoms with Crippen LogP contribution in [0.2, 0.25) is 0 Å². The number of hydrogen-bond acceptors (Lipinski definition) is 7. The van der Waals surface area contributed by atoms with Gasteiger partial charge in [0.25, 0.3) is 0 Å². The summed E-state index contributed by atoms with van der Waals surface area (Å²) in [5, 5.41) is 0.0139. The molecule has 0 fully saturated rings. The third-order valence-corrected chi connectivity index (χ3v) is 9.11. The van der Waals surface area contributed by atoms with Crippen molar-refractivity contribution in [3.05, 3.63) is 77.9 Å². The molecule has 0 radical (unpaired) electrons. The normalized spacial score (nSPS) is 11.6. The van der Waals surface area contributed by atoms with Crippen LogP contribution < -0.4 is 14.4 Å². The molecule has 0 aliphatic rings. The lowest BCUT2D eigenvalue weighted by Crippen LogP contribution is -2.31. The first-order valence-corrected chi connectivity index (χ1v) is 13.8. The number of carbonyl (C=O) groups excluding carboxylic acids is 1. The van der Waals surface area contributed by atoms with Gasteiger partial charge in [-0.1, -0.05) is 53.8 Å². The maximum Gasteiger partial charge on any atom is 0.233 e. The van der Waals surface area contributed by atoms with Crippen LogP contribution in [0.1, 0.15) is 25.0 Å². The Hall–Kier alpha value is -3.43. The minimum atomic E-state index is -3.38. The Bertz CT molecular complexity index is 1420. The van der Waals surface area contributed by atoms with Gasteiger partial charge >= 0.3 is 0 Å². The van der Waals surface area contributed by atoms with Crippen molar-refractivity contribution in [2.75, 3.05) is 19.1 Å². The van der Waals surface area contributed by atoms with E-state index in [0.717, 1.165) is 15.8 Å². The monoisotopic (exact) mass is 524 g/mol.